The smallest absolute Gasteiger partial charge is 0.309 e. The highest BCUT2D eigenvalue weighted by atomic mass is 16.5. The lowest BCUT2D eigenvalue weighted by molar-refractivity contribution is -0.151. The van der Waals surface area contributed by atoms with Crippen LogP contribution in [-0.4, -0.2) is 49.6 Å². The predicted molar refractivity (Wildman–Crippen MR) is 96.6 cm³/mol. The van der Waals surface area contributed by atoms with Crippen LogP contribution in [0, 0.1) is 5.92 Å². The molecule has 1 heterocycles. The lowest BCUT2D eigenvalue weighted by Gasteiger charge is -2.31. The molecule has 0 unspecified atom stereocenters. The first-order valence-corrected chi connectivity index (χ1v) is 8.66. The summed E-state index contributed by atoms with van der Waals surface area (Å²) < 4.78 is 10.6. The number of carbonyl (C=O) groups is 2. The van der Waals surface area contributed by atoms with E-state index in [1.54, 1.807) is 17.9 Å². The van der Waals surface area contributed by atoms with Gasteiger partial charge in [-0.3, -0.25) is 9.59 Å². The number of rotatable bonds is 8. The number of carbonyl (C=O) groups excluding carboxylic acids is 2. The van der Waals surface area contributed by atoms with Gasteiger partial charge in [0, 0.05) is 13.1 Å². The minimum atomic E-state index is -0.152. The van der Waals surface area contributed by atoms with Crippen molar-refractivity contribution in [1.82, 2.24) is 4.90 Å². The Balaban J connectivity index is 1.82. The van der Waals surface area contributed by atoms with E-state index in [-0.39, 0.29) is 24.3 Å². The Morgan fingerprint density at radius 3 is 2.72 bits per heavy atom. The fraction of sp³-hybridized carbons (Fsp3) is 0.474. The number of nitrogens with one attached hydrogen (secondary N) is 1. The number of piperidine rings is 1. The number of hydrogen-bond donors (Lipinski definition) is 1. The lowest BCUT2D eigenvalue weighted by Crippen LogP contribution is -2.43. The second kappa shape index (κ2) is 9.71. The monoisotopic (exact) mass is 346 g/mol. The summed E-state index contributed by atoms with van der Waals surface area (Å²) in [5.74, 6) is 0.461. The number of esters is 1. The van der Waals surface area contributed by atoms with Crippen LogP contribution in [0.25, 0.3) is 0 Å². The van der Waals surface area contributed by atoms with Crippen LogP contribution in [0.2, 0.25) is 0 Å². The van der Waals surface area contributed by atoms with Crippen LogP contribution in [0.15, 0.2) is 36.9 Å². The van der Waals surface area contributed by atoms with Crippen LogP contribution < -0.4 is 10.1 Å². The van der Waals surface area contributed by atoms with Crippen LogP contribution in [0.4, 0.5) is 5.69 Å². The Hall–Kier alpha value is -2.50. The Morgan fingerprint density at radius 2 is 2.04 bits per heavy atom. The summed E-state index contributed by atoms with van der Waals surface area (Å²) in [5.41, 5.74) is 0.777. The second-order valence-corrected chi connectivity index (χ2v) is 5.86. The van der Waals surface area contributed by atoms with Gasteiger partial charge in [0.1, 0.15) is 12.4 Å². The Labute approximate surface area is 148 Å². The average Bonchev–Trinajstić information content (AvgIpc) is 2.65. The normalized spacial score (nSPS) is 14.7. The van der Waals surface area contributed by atoms with Gasteiger partial charge in [-0.2, -0.15) is 0 Å². The molecule has 1 aromatic carbocycles. The van der Waals surface area contributed by atoms with E-state index in [1.807, 2.05) is 24.3 Å². The Kier molecular flexibility index (Phi) is 7.32. The second-order valence-electron chi connectivity index (χ2n) is 5.86. The van der Waals surface area contributed by atoms with Crippen molar-refractivity contribution in [2.45, 2.75) is 19.8 Å². The summed E-state index contributed by atoms with van der Waals surface area (Å²) in [6.45, 7) is 7.60. The highest BCUT2D eigenvalue weighted by molar-refractivity contribution is 5.82. The van der Waals surface area contributed by atoms with Crippen LogP contribution in [0.5, 0.6) is 5.75 Å². The first-order valence-electron chi connectivity index (χ1n) is 8.66. The van der Waals surface area contributed by atoms with Gasteiger partial charge in [-0.15, -0.1) is 0 Å². The van der Waals surface area contributed by atoms with Crippen molar-refractivity contribution in [2.75, 3.05) is 38.2 Å². The molecule has 0 aromatic heterocycles. The molecule has 0 bridgehead atoms. The molecule has 0 atom stereocenters. The van der Waals surface area contributed by atoms with Crippen molar-refractivity contribution in [2.24, 2.45) is 5.92 Å². The maximum Gasteiger partial charge on any atom is 0.309 e. The van der Waals surface area contributed by atoms with Crippen molar-refractivity contribution in [3.8, 4) is 5.75 Å². The van der Waals surface area contributed by atoms with E-state index in [9.17, 15) is 9.59 Å². The molecule has 1 aliphatic rings. The number of benzene rings is 1. The predicted octanol–water partition coefficient (Wildman–Crippen LogP) is 2.47. The molecule has 0 spiro atoms. The van der Waals surface area contributed by atoms with E-state index in [0.29, 0.717) is 44.9 Å². The fourth-order valence-corrected chi connectivity index (χ4v) is 2.79. The standard InChI is InChI=1S/C19H26N2O4/c1-3-13-25-17-8-6-5-7-16(17)20-14-18(22)21-11-9-15(10-12-21)19(23)24-4-2/h3,5-8,15,20H,1,4,9-14H2,2H3. The van der Waals surface area contributed by atoms with Crippen LogP contribution in [-0.2, 0) is 14.3 Å². The number of ether oxygens (including phenoxy) is 2. The molecule has 1 fully saturated rings. The molecule has 0 aliphatic carbocycles. The van der Waals surface area contributed by atoms with Crippen LogP contribution in [0.3, 0.4) is 0 Å². The van der Waals surface area contributed by atoms with Crippen molar-refractivity contribution < 1.29 is 19.1 Å². The summed E-state index contributed by atoms with van der Waals surface area (Å²) >= 11 is 0. The summed E-state index contributed by atoms with van der Waals surface area (Å²) in [6, 6.07) is 7.49. The SMILES string of the molecule is C=CCOc1ccccc1NCC(=O)N1CCC(C(=O)OCC)CC1. The molecule has 6 nitrogen and oxygen atoms in total. The summed E-state index contributed by atoms with van der Waals surface area (Å²) in [4.78, 5) is 25.9. The quantitative estimate of drug-likeness (QED) is 0.578. The summed E-state index contributed by atoms with van der Waals surface area (Å²) in [7, 11) is 0. The molecule has 1 saturated heterocycles. The lowest BCUT2D eigenvalue weighted by atomic mass is 9.97. The van der Waals surface area contributed by atoms with Gasteiger partial charge in [0.05, 0.1) is 24.8 Å². The number of nitrogens with zero attached hydrogens (tertiary/aromatic N) is 1. The van der Waals surface area contributed by atoms with E-state index in [4.69, 9.17) is 9.47 Å². The third-order valence-corrected chi connectivity index (χ3v) is 4.14. The van der Waals surface area contributed by atoms with Crippen LogP contribution in [0.1, 0.15) is 19.8 Å². The molecule has 2 rings (SSSR count). The van der Waals surface area contributed by atoms with E-state index < -0.39 is 0 Å². The minimum Gasteiger partial charge on any atom is -0.487 e. The number of likely N-dealkylation sites (tertiary alicyclic amines) is 1. The van der Waals surface area contributed by atoms with Gasteiger partial charge in [0.25, 0.3) is 0 Å². The first kappa shape index (κ1) is 18.8. The number of anilines is 1. The topological polar surface area (TPSA) is 67.9 Å². The highest BCUT2D eigenvalue weighted by Crippen LogP contribution is 2.24. The van der Waals surface area contributed by atoms with Crippen molar-refractivity contribution in [1.29, 1.82) is 0 Å². The third-order valence-electron chi connectivity index (χ3n) is 4.14. The first-order chi connectivity index (χ1) is 12.2. The number of hydrogen-bond acceptors (Lipinski definition) is 5. The van der Waals surface area contributed by atoms with Gasteiger partial charge in [0.15, 0.2) is 0 Å². The van der Waals surface area contributed by atoms with Gasteiger partial charge in [0.2, 0.25) is 5.91 Å². The van der Waals surface area contributed by atoms with Gasteiger partial charge in [-0.05, 0) is 31.9 Å². The maximum absolute atomic E-state index is 12.4. The van der Waals surface area contributed by atoms with E-state index in [1.165, 1.54) is 0 Å². The zero-order valence-electron chi connectivity index (χ0n) is 14.7. The Bertz CT molecular complexity index is 595. The van der Waals surface area contributed by atoms with Gasteiger partial charge in [-0.1, -0.05) is 24.8 Å². The highest BCUT2D eigenvalue weighted by Gasteiger charge is 2.28. The number of amides is 1. The van der Waals surface area contributed by atoms with Crippen LogP contribution >= 0.6 is 0 Å². The molecule has 6 heteroatoms. The molecule has 0 radical (unpaired) electrons. The number of para-hydroxylation sites is 2. The molecule has 0 saturated carbocycles. The Morgan fingerprint density at radius 1 is 1.32 bits per heavy atom. The molecular weight excluding hydrogens is 320 g/mol. The third kappa shape index (κ3) is 5.52. The van der Waals surface area contributed by atoms with Crippen molar-refractivity contribution >= 4 is 17.6 Å². The van der Waals surface area contributed by atoms with E-state index >= 15 is 0 Å². The molecule has 136 valence electrons. The van der Waals surface area contributed by atoms with Crippen molar-refractivity contribution in [3.63, 3.8) is 0 Å². The zero-order valence-corrected chi connectivity index (χ0v) is 14.7. The molecule has 25 heavy (non-hydrogen) atoms. The fourth-order valence-electron chi connectivity index (χ4n) is 2.79. The molecule has 1 aliphatic heterocycles. The maximum atomic E-state index is 12.4. The van der Waals surface area contributed by atoms with E-state index in [0.717, 1.165) is 5.69 Å². The van der Waals surface area contributed by atoms with Gasteiger partial charge in [-0.25, -0.2) is 0 Å². The van der Waals surface area contributed by atoms with Gasteiger partial charge < -0.3 is 19.7 Å². The molecule has 1 aromatic rings. The summed E-state index contributed by atoms with van der Waals surface area (Å²) in [6.07, 6.45) is 2.99. The zero-order chi connectivity index (χ0) is 18.1. The minimum absolute atomic E-state index is 0.0147. The van der Waals surface area contributed by atoms with E-state index in [2.05, 4.69) is 11.9 Å². The van der Waals surface area contributed by atoms with Crippen molar-refractivity contribution in [3.05, 3.63) is 36.9 Å². The van der Waals surface area contributed by atoms with Gasteiger partial charge >= 0.3 is 5.97 Å². The summed E-state index contributed by atoms with van der Waals surface area (Å²) in [5, 5.41) is 3.13. The molecule has 1 amide bonds. The largest absolute Gasteiger partial charge is 0.487 e. The molecular formula is C19H26N2O4. The molecule has 1 N–H and O–H groups in total. The average molecular weight is 346 g/mol.